The van der Waals surface area contributed by atoms with Crippen molar-refractivity contribution in [2.45, 2.75) is 64.5 Å². The molecule has 0 spiro atoms. The predicted octanol–water partition coefficient (Wildman–Crippen LogP) is 3.90. The van der Waals surface area contributed by atoms with Gasteiger partial charge < -0.3 is 18.9 Å². The van der Waals surface area contributed by atoms with Gasteiger partial charge in [-0.2, -0.15) is 0 Å². The van der Waals surface area contributed by atoms with Crippen LogP contribution < -0.4 is 0 Å². The van der Waals surface area contributed by atoms with Crippen molar-refractivity contribution in [3.05, 3.63) is 71.8 Å². The van der Waals surface area contributed by atoms with Crippen LogP contribution in [-0.4, -0.2) is 36.5 Å². The second-order valence-corrected chi connectivity index (χ2v) is 7.14. The molecule has 1 aliphatic rings. The van der Waals surface area contributed by atoms with Crippen molar-refractivity contribution in [3.63, 3.8) is 0 Å². The van der Waals surface area contributed by atoms with Gasteiger partial charge in [0.1, 0.15) is 12.2 Å². The fraction of sp³-hybridized carbons (Fsp3) is 0.435. The number of benzene rings is 2. The maximum Gasteiger partial charge on any atom is 0.303 e. The molecule has 0 radical (unpaired) electrons. The molecule has 0 aliphatic carbocycles. The minimum Gasteiger partial charge on any atom is -0.457 e. The average molecular weight is 384 g/mol. The summed E-state index contributed by atoms with van der Waals surface area (Å²) >= 11 is 0. The fourth-order valence-corrected chi connectivity index (χ4v) is 3.52. The highest BCUT2D eigenvalue weighted by Crippen LogP contribution is 2.29. The van der Waals surface area contributed by atoms with Crippen molar-refractivity contribution < 1.29 is 23.7 Å². The van der Waals surface area contributed by atoms with Crippen molar-refractivity contribution in [3.8, 4) is 0 Å². The number of hydrogen-bond acceptors (Lipinski definition) is 5. The predicted molar refractivity (Wildman–Crippen MR) is 106 cm³/mol. The summed E-state index contributed by atoms with van der Waals surface area (Å²) in [6.07, 6.45) is -1.78. The Kier molecular flexibility index (Phi) is 7.20. The van der Waals surface area contributed by atoms with E-state index in [1.807, 2.05) is 74.5 Å². The molecule has 0 bridgehead atoms. The molecule has 1 fully saturated rings. The van der Waals surface area contributed by atoms with E-state index in [0.717, 1.165) is 11.1 Å². The molecule has 1 aliphatic heterocycles. The third-order valence-corrected chi connectivity index (χ3v) is 4.87. The highest BCUT2D eigenvalue weighted by molar-refractivity contribution is 5.66. The van der Waals surface area contributed by atoms with Crippen LogP contribution in [0.2, 0.25) is 0 Å². The fourth-order valence-electron chi connectivity index (χ4n) is 3.52. The lowest BCUT2D eigenvalue weighted by Crippen LogP contribution is -2.58. The number of esters is 1. The molecule has 3 unspecified atom stereocenters. The Morgan fingerprint density at radius 3 is 1.75 bits per heavy atom. The molecule has 0 amide bonds. The zero-order valence-electron chi connectivity index (χ0n) is 16.6. The van der Waals surface area contributed by atoms with Crippen LogP contribution in [0.4, 0.5) is 0 Å². The summed E-state index contributed by atoms with van der Waals surface area (Å²) in [5, 5.41) is 0. The van der Waals surface area contributed by atoms with Gasteiger partial charge in [0.05, 0.1) is 25.4 Å². The molecule has 150 valence electrons. The normalized spacial score (nSPS) is 27.3. The summed E-state index contributed by atoms with van der Waals surface area (Å²) in [4.78, 5) is 11.7. The quantitative estimate of drug-likeness (QED) is 0.678. The molecule has 2 aromatic rings. The molecule has 0 aromatic heterocycles. The summed E-state index contributed by atoms with van der Waals surface area (Å²) in [7, 11) is 0. The van der Waals surface area contributed by atoms with Gasteiger partial charge in [0.15, 0.2) is 6.10 Å². The van der Waals surface area contributed by atoms with Crippen molar-refractivity contribution >= 4 is 5.97 Å². The number of rotatable bonds is 7. The van der Waals surface area contributed by atoms with Gasteiger partial charge in [0.25, 0.3) is 0 Å². The first-order valence-electron chi connectivity index (χ1n) is 9.68. The Bertz CT molecular complexity index is 733. The lowest BCUT2D eigenvalue weighted by atomic mass is 9.95. The molecule has 5 nitrogen and oxygen atoms in total. The smallest absolute Gasteiger partial charge is 0.303 e. The molecule has 28 heavy (non-hydrogen) atoms. The summed E-state index contributed by atoms with van der Waals surface area (Å²) < 4.78 is 24.0. The van der Waals surface area contributed by atoms with Gasteiger partial charge in [-0.05, 0) is 25.0 Å². The van der Waals surface area contributed by atoms with Crippen molar-refractivity contribution in [1.29, 1.82) is 0 Å². The van der Waals surface area contributed by atoms with Crippen LogP contribution in [0.1, 0.15) is 31.9 Å². The van der Waals surface area contributed by atoms with Crippen LogP contribution in [-0.2, 0) is 37.0 Å². The minimum absolute atomic E-state index is 0.189. The number of hydrogen-bond donors (Lipinski definition) is 0. The van der Waals surface area contributed by atoms with Crippen molar-refractivity contribution in [2.75, 3.05) is 0 Å². The molecule has 3 rings (SSSR count). The van der Waals surface area contributed by atoms with Crippen LogP contribution in [0, 0.1) is 0 Å². The maximum absolute atomic E-state index is 11.7. The number of ether oxygens (including phenoxy) is 4. The zero-order chi connectivity index (χ0) is 19.9. The standard InChI is InChI=1S/C23H28O5/c1-16-21(25-14-19-10-6-4-7-11-19)23(22(17(2)27-16)28-18(3)24)26-15-20-12-8-5-9-13-20/h4-13,16-17,21-23H,14-15H2,1-3H3/t16?,17?,21-,22?,23+/m0/s1. The molecule has 1 saturated heterocycles. The first kappa shape index (κ1) is 20.5. The summed E-state index contributed by atoms with van der Waals surface area (Å²) in [6, 6.07) is 19.9. The first-order valence-corrected chi connectivity index (χ1v) is 9.68. The van der Waals surface area contributed by atoms with E-state index in [0.29, 0.717) is 13.2 Å². The lowest BCUT2D eigenvalue weighted by molar-refractivity contribution is -0.251. The molecular weight excluding hydrogens is 356 g/mol. The molecule has 0 N–H and O–H groups in total. The van der Waals surface area contributed by atoms with E-state index < -0.39 is 12.2 Å². The Balaban J connectivity index is 1.76. The van der Waals surface area contributed by atoms with Gasteiger partial charge in [-0.15, -0.1) is 0 Å². The third kappa shape index (κ3) is 5.41. The number of carbonyl (C=O) groups excluding carboxylic acids is 1. The Morgan fingerprint density at radius 1 is 0.786 bits per heavy atom. The van der Waals surface area contributed by atoms with Crippen LogP contribution in [0.25, 0.3) is 0 Å². The average Bonchev–Trinajstić information content (AvgIpc) is 2.69. The van der Waals surface area contributed by atoms with E-state index in [1.165, 1.54) is 6.92 Å². The van der Waals surface area contributed by atoms with Crippen LogP contribution >= 0.6 is 0 Å². The number of carbonyl (C=O) groups is 1. The Labute approximate surface area is 166 Å². The van der Waals surface area contributed by atoms with Gasteiger partial charge in [0, 0.05) is 6.92 Å². The first-order chi connectivity index (χ1) is 13.5. The Morgan fingerprint density at radius 2 is 1.25 bits per heavy atom. The second kappa shape index (κ2) is 9.82. The summed E-state index contributed by atoms with van der Waals surface area (Å²) in [5.74, 6) is -0.356. The molecule has 0 saturated carbocycles. The highest BCUT2D eigenvalue weighted by Gasteiger charge is 2.46. The van der Waals surface area contributed by atoms with E-state index in [2.05, 4.69) is 0 Å². The molecule has 1 heterocycles. The zero-order valence-corrected chi connectivity index (χ0v) is 16.6. The summed E-state index contributed by atoms with van der Waals surface area (Å²) in [5.41, 5.74) is 2.12. The van der Waals surface area contributed by atoms with E-state index >= 15 is 0 Å². The minimum atomic E-state index is -0.529. The Hall–Kier alpha value is -2.21. The topological polar surface area (TPSA) is 54.0 Å². The molecular formula is C23H28O5. The third-order valence-electron chi connectivity index (χ3n) is 4.87. The van der Waals surface area contributed by atoms with Gasteiger partial charge in [-0.3, -0.25) is 4.79 Å². The van der Waals surface area contributed by atoms with Gasteiger partial charge in [0.2, 0.25) is 0 Å². The van der Waals surface area contributed by atoms with E-state index in [9.17, 15) is 4.79 Å². The van der Waals surface area contributed by atoms with Gasteiger partial charge in [-0.25, -0.2) is 0 Å². The van der Waals surface area contributed by atoms with Crippen LogP contribution in [0.15, 0.2) is 60.7 Å². The van der Waals surface area contributed by atoms with E-state index in [-0.39, 0.29) is 24.3 Å². The maximum atomic E-state index is 11.7. The van der Waals surface area contributed by atoms with Crippen LogP contribution in [0.3, 0.4) is 0 Å². The lowest BCUT2D eigenvalue weighted by Gasteiger charge is -2.44. The van der Waals surface area contributed by atoms with Crippen molar-refractivity contribution in [1.82, 2.24) is 0 Å². The molecule has 5 atom stereocenters. The molecule has 5 heteroatoms. The molecule has 2 aromatic carbocycles. The highest BCUT2D eigenvalue weighted by atomic mass is 16.6. The van der Waals surface area contributed by atoms with Crippen LogP contribution in [0.5, 0.6) is 0 Å². The van der Waals surface area contributed by atoms with Crippen molar-refractivity contribution in [2.24, 2.45) is 0 Å². The monoisotopic (exact) mass is 384 g/mol. The second-order valence-electron chi connectivity index (χ2n) is 7.14. The SMILES string of the molecule is CC(=O)OC1C(C)OC(C)[C@H](OCc2ccccc2)[C@H]1OCc1ccccc1. The van der Waals surface area contributed by atoms with Gasteiger partial charge >= 0.3 is 5.97 Å². The largest absolute Gasteiger partial charge is 0.457 e. The van der Waals surface area contributed by atoms with E-state index in [4.69, 9.17) is 18.9 Å². The van der Waals surface area contributed by atoms with E-state index in [1.54, 1.807) is 0 Å². The summed E-state index contributed by atoms with van der Waals surface area (Å²) in [6.45, 7) is 6.11. The van der Waals surface area contributed by atoms with Gasteiger partial charge in [-0.1, -0.05) is 60.7 Å².